The fourth-order valence-corrected chi connectivity index (χ4v) is 4.52. The lowest BCUT2D eigenvalue weighted by Gasteiger charge is -2.26. The first-order valence-electron chi connectivity index (χ1n) is 10.0. The van der Waals surface area contributed by atoms with Gasteiger partial charge in [-0.3, -0.25) is 18.8 Å². The van der Waals surface area contributed by atoms with Gasteiger partial charge >= 0.3 is 5.69 Å². The highest BCUT2D eigenvalue weighted by Gasteiger charge is 2.19. The highest BCUT2D eigenvalue weighted by molar-refractivity contribution is 7.99. The molecule has 1 saturated heterocycles. The van der Waals surface area contributed by atoms with Crippen LogP contribution >= 0.6 is 11.8 Å². The molecule has 3 heterocycles. The number of aromatic nitrogens is 4. The van der Waals surface area contributed by atoms with Crippen LogP contribution in [0.4, 0.5) is 0 Å². The number of methoxy groups -OCH3 is 1. The van der Waals surface area contributed by atoms with Gasteiger partial charge in [0, 0.05) is 45.0 Å². The zero-order valence-electron chi connectivity index (χ0n) is 17.8. The molecular weight excluding hydrogens is 418 g/mol. The average Bonchev–Trinajstić information content (AvgIpc) is 2.81. The number of aryl methyl sites for hydroxylation is 1. The summed E-state index contributed by atoms with van der Waals surface area (Å²) in [5.74, 6) is 1.96. The number of benzene rings is 1. The number of thioether (sulfide) groups is 1. The molecule has 1 aromatic carbocycles. The minimum Gasteiger partial charge on any atom is -0.497 e. The van der Waals surface area contributed by atoms with Crippen molar-refractivity contribution in [3.05, 3.63) is 45.1 Å². The predicted octanol–water partition coefficient (Wildman–Crippen LogP) is 1.13. The fourth-order valence-electron chi connectivity index (χ4n) is 3.50. The van der Waals surface area contributed by atoms with Crippen molar-refractivity contribution in [2.24, 2.45) is 14.1 Å². The molecule has 10 heteroatoms. The molecule has 0 radical (unpaired) electrons. The highest BCUT2D eigenvalue weighted by Crippen LogP contribution is 2.27. The number of hydrogen-bond acceptors (Lipinski definition) is 8. The van der Waals surface area contributed by atoms with E-state index in [9.17, 15) is 9.59 Å². The van der Waals surface area contributed by atoms with E-state index in [1.165, 1.54) is 23.4 Å². The number of hydrogen-bond donors (Lipinski definition) is 0. The van der Waals surface area contributed by atoms with Crippen LogP contribution in [0.1, 0.15) is 0 Å². The van der Waals surface area contributed by atoms with E-state index >= 15 is 0 Å². The molecule has 1 aliphatic heterocycles. The molecule has 0 atom stereocenters. The Labute approximate surface area is 183 Å². The highest BCUT2D eigenvalue weighted by atomic mass is 32.2. The lowest BCUT2D eigenvalue weighted by molar-refractivity contribution is 0.0410. The smallest absolute Gasteiger partial charge is 0.332 e. The maximum atomic E-state index is 12.9. The van der Waals surface area contributed by atoms with Crippen molar-refractivity contribution in [1.29, 1.82) is 0 Å². The van der Waals surface area contributed by atoms with E-state index in [0.29, 0.717) is 21.9 Å². The second kappa shape index (κ2) is 9.21. The Morgan fingerprint density at radius 3 is 2.45 bits per heavy atom. The number of ether oxygens (including phenoxy) is 2. The van der Waals surface area contributed by atoms with E-state index in [0.717, 1.165) is 54.5 Å². The molecular formula is C21H25N5O4S. The van der Waals surface area contributed by atoms with Gasteiger partial charge in [0.05, 0.1) is 20.3 Å². The second-order valence-electron chi connectivity index (χ2n) is 7.29. The Morgan fingerprint density at radius 2 is 1.77 bits per heavy atom. The van der Waals surface area contributed by atoms with E-state index in [1.54, 1.807) is 14.2 Å². The number of rotatable bonds is 6. The summed E-state index contributed by atoms with van der Waals surface area (Å²) in [7, 11) is 4.71. The first-order chi connectivity index (χ1) is 15.0. The summed E-state index contributed by atoms with van der Waals surface area (Å²) < 4.78 is 13.1. The molecule has 4 rings (SSSR count). The molecule has 0 bridgehead atoms. The van der Waals surface area contributed by atoms with Crippen molar-refractivity contribution >= 4 is 22.8 Å². The molecule has 0 amide bonds. The molecule has 0 aliphatic carbocycles. The zero-order valence-corrected chi connectivity index (χ0v) is 18.6. The van der Waals surface area contributed by atoms with E-state index in [4.69, 9.17) is 14.5 Å². The van der Waals surface area contributed by atoms with Crippen LogP contribution < -0.4 is 16.0 Å². The van der Waals surface area contributed by atoms with E-state index < -0.39 is 5.69 Å². The summed E-state index contributed by atoms with van der Waals surface area (Å²) in [6.07, 6.45) is 0. The van der Waals surface area contributed by atoms with Gasteiger partial charge in [-0.05, 0) is 24.3 Å². The van der Waals surface area contributed by atoms with Crippen molar-refractivity contribution in [2.45, 2.75) is 5.03 Å². The second-order valence-corrected chi connectivity index (χ2v) is 8.37. The molecule has 2 aromatic heterocycles. The van der Waals surface area contributed by atoms with Crippen LogP contribution in [0.15, 0.2) is 38.9 Å². The number of fused-ring (bicyclic) bond motifs is 1. The minimum absolute atomic E-state index is 0.336. The van der Waals surface area contributed by atoms with Gasteiger partial charge in [0.25, 0.3) is 5.56 Å². The normalized spacial score (nSPS) is 14.8. The molecule has 31 heavy (non-hydrogen) atoms. The topological polar surface area (TPSA) is 91.5 Å². The Bertz CT molecular complexity index is 1200. The van der Waals surface area contributed by atoms with Gasteiger partial charge in [-0.25, -0.2) is 14.8 Å². The van der Waals surface area contributed by atoms with Crippen LogP contribution in [0, 0.1) is 0 Å². The van der Waals surface area contributed by atoms with Gasteiger partial charge < -0.3 is 9.47 Å². The van der Waals surface area contributed by atoms with Crippen molar-refractivity contribution in [3.8, 4) is 17.1 Å². The molecule has 9 nitrogen and oxygen atoms in total. The van der Waals surface area contributed by atoms with Gasteiger partial charge in [-0.1, -0.05) is 0 Å². The number of nitrogens with zero attached hydrogens (tertiary/aromatic N) is 5. The average molecular weight is 444 g/mol. The van der Waals surface area contributed by atoms with Gasteiger partial charge in [0.15, 0.2) is 11.5 Å². The third kappa shape index (κ3) is 4.36. The molecule has 0 unspecified atom stereocenters. The zero-order chi connectivity index (χ0) is 22.0. The summed E-state index contributed by atoms with van der Waals surface area (Å²) in [5.41, 5.74) is 0.322. The third-order valence-electron chi connectivity index (χ3n) is 5.37. The largest absolute Gasteiger partial charge is 0.497 e. The summed E-state index contributed by atoms with van der Waals surface area (Å²) in [5, 5.41) is 0.953. The van der Waals surface area contributed by atoms with Crippen molar-refractivity contribution in [3.63, 3.8) is 0 Å². The standard InChI is InChI=1S/C21H25N5O4S/c1-24-18-16(20(27)25(2)21(24)28)19(31-13-10-26-8-11-30-12-9-26)23-17(22-18)14-4-6-15(29-3)7-5-14/h4-7H,8-13H2,1-3H3. The Hall–Kier alpha value is -2.69. The van der Waals surface area contributed by atoms with Crippen molar-refractivity contribution in [1.82, 2.24) is 24.0 Å². The lowest BCUT2D eigenvalue weighted by atomic mass is 10.2. The molecule has 1 fully saturated rings. The van der Waals surface area contributed by atoms with Crippen LogP contribution in [-0.4, -0.2) is 69.7 Å². The molecule has 0 spiro atoms. The van der Waals surface area contributed by atoms with Gasteiger partial charge in [0.1, 0.15) is 16.2 Å². The fraction of sp³-hybridized carbons (Fsp3) is 0.429. The maximum Gasteiger partial charge on any atom is 0.332 e. The number of morpholine rings is 1. The maximum absolute atomic E-state index is 12.9. The molecule has 3 aromatic rings. The summed E-state index contributed by atoms with van der Waals surface area (Å²) in [4.78, 5) is 37.1. The van der Waals surface area contributed by atoms with Crippen LogP contribution in [0.3, 0.4) is 0 Å². The lowest BCUT2D eigenvalue weighted by Crippen LogP contribution is -2.38. The van der Waals surface area contributed by atoms with Gasteiger partial charge in [-0.2, -0.15) is 0 Å². The molecule has 164 valence electrons. The predicted molar refractivity (Wildman–Crippen MR) is 120 cm³/mol. The molecule has 0 N–H and O–H groups in total. The Morgan fingerprint density at radius 1 is 1.06 bits per heavy atom. The SMILES string of the molecule is COc1ccc(-c2nc(SCCN3CCOCC3)c3c(=O)n(C)c(=O)n(C)c3n2)cc1. The van der Waals surface area contributed by atoms with Crippen molar-refractivity contribution in [2.75, 3.05) is 45.7 Å². The Balaban J connectivity index is 1.76. The van der Waals surface area contributed by atoms with Crippen LogP contribution in [-0.2, 0) is 18.8 Å². The van der Waals surface area contributed by atoms with Gasteiger partial charge in [0.2, 0.25) is 0 Å². The minimum atomic E-state index is -0.416. The summed E-state index contributed by atoms with van der Waals surface area (Å²) in [6, 6.07) is 7.39. The molecule has 1 aliphatic rings. The van der Waals surface area contributed by atoms with Crippen molar-refractivity contribution < 1.29 is 9.47 Å². The summed E-state index contributed by atoms with van der Waals surface area (Å²) in [6.45, 7) is 4.15. The van der Waals surface area contributed by atoms with Crippen LogP contribution in [0.5, 0.6) is 5.75 Å². The van der Waals surface area contributed by atoms with Gasteiger partial charge in [-0.15, -0.1) is 11.8 Å². The van der Waals surface area contributed by atoms with Crippen LogP contribution in [0.25, 0.3) is 22.4 Å². The van der Waals surface area contributed by atoms with Crippen LogP contribution in [0.2, 0.25) is 0 Å². The molecule has 0 saturated carbocycles. The summed E-state index contributed by atoms with van der Waals surface area (Å²) >= 11 is 1.51. The monoisotopic (exact) mass is 443 g/mol. The third-order valence-corrected chi connectivity index (χ3v) is 6.32. The quantitative estimate of drug-likeness (QED) is 0.414. The first-order valence-corrected chi connectivity index (χ1v) is 11.0. The van der Waals surface area contributed by atoms with E-state index in [1.807, 2.05) is 24.3 Å². The Kier molecular flexibility index (Phi) is 6.40. The first kappa shape index (κ1) is 21.5. The van der Waals surface area contributed by atoms with E-state index in [-0.39, 0.29) is 5.56 Å². The van der Waals surface area contributed by atoms with E-state index in [2.05, 4.69) is 9.88 Å².